The average molecular weight is 559 g/mol. The van der Waals surface area contributed by atoms with E-state index in [1.54, 1.807) is 51.3 Å². The maximum absolute atomic E-state index is 14.0. The molecule has 0 radical (unpaired) electrons. The number of carbonyl (C=O) groups excluding carboxylic acids is 1. The van der Waals surface area contributed by atoms with Crippen LogP contribution in [0.1, 0.15) is 31.0 Å². The van der Waals surface area contributed by atoms with Gasteiger partial charge in [-0.1, -0.05) is 53.8 Å². The highest BCUT2D eigenvalue weighted by Gasteiger charge is 2.36. The molecule has 0 bridgehead atoms. The van der Waals surface area contributed by atoms with E-state index in [0.29, 0.717) is 37.7 Å². The van der Waals surface area contributed by atoms with Gasteiger partial charge in [-0.05, 0) is 54.5 Å². The Kier molecular flexibility index (Phi) is 7.52. The van der Waals surface area contributed by atoms with E-state index >= 15 is 0 Å². The fraction of sp³-hybridized carbons (Fsp3) is 0.200. The maximum Gasteiger partial charge on any atom is 0.341 e. The van der Waals surface area contributed by atoms with Gasteiger partial charge < -0.3 is 19.3 Å². The maximum atomic E-state index is 14.0. The third-order valence-corrected chi connectivity index (χ3v) is 7.46. The molecule has 5 rings (SSSR count). The second-order valence-corrected chi connectivity index (χ2v) is 9.97. The minimum absolute atomic E-state index is 0.172. The number of methoxy groups -OCH3 is 1. The van der Waals surface area contributed by atoms with Crippen molar-refractivity contribution >= 4 is 40.1 Å². The SMILES string of the molecule is CCOC(=O)C1=C(C)N=c2s/c(=C/c3ccc(OCC(=O)O)cc3)c(=O)n2[C@@H]1c1c(OC)ccc2ccccc12. The van der Waals surface area contributed by atoms with Crippen molar-refractivity contribution in [2.24, 2.45) is 4.99 Å². The highest BCUT2D eigenvalue weighted by atomic mass is 32.1. The van der Waals surface area contributed by atoms with Crippen LogP contribution in [-0.4, -0.2) is 41.9 Å². The van der Waals surface area contributed by atoms with Crippen LogP contribution in [0.3, 0.4) is 0 Å². The molecule has 40 heavy (non-hydrogen) atoms. The van der Waals surface area contributed by atoms with Gasteiger partial charge in [-0.3, -0.25) is 9.36 Å². The summed E-state index contributed by atoms with van der Waals surface area (Å²) in [6.07, 6.45) is 1.73. The molecule has 0 saturated carbocycles. The summed E-state index contributed by atoms with van der Waals surface area (Å²) in [7, 11) is 1.56. The van der Waals surface area contributed by atoms with Crippen LogP contribution in [-0.2, 0) is 14.3 Å². The fourth-order valence-corrected chi connectivity index (χ4v) is 5.80. The third kappa shape index (κ3) is 5.01. The van der Waals surface area contributed by atoms with Gasteiger partial charge in [-0.25, -0.2) is 14.6 Å². The van der Waals surface area contributed by atoms with Gasteiger partial charge in [0.05, 0.1) is 29.5 Å². The molecule has 0 unspecified atom stereocenters. The van der Waals surface area contributed by atoms with Crippen LogP contribution in [0, 0.1) is 0 Å². The van der Waals surface area contributed by atoms with Gasteiger partial charge in [-0.2, -0.15) is 0 Å². The largest absolute Gasteiger partial charge is 0.496 e. The van der Waals surface area contributed by atoms with Gasteiger partial charge in [0.15, 0.2) is 11.4 Å². The van der Waals surface area contributed by atoms with Crippen LogP contribution in [0.2, 0.25) is 0 Å². The van der Waals surface area contributed by atoms with Crippen molar-refractivity contribution in [3.63, 3.8) is 0 Å². The summed E-state index contributed by atoms with van der Waals surface area (Å²) in [6.45, 7) is 3.20. The van der Waals surface area contributed by atoms with Crippen LogP contribution >= 0.6 is 11.3 Å². The highest BCUT2D eigenvalue weighted by Crippen LogP contribution is 2.40. The molecule has 1 aliphatic heterocycles. The van der Waals surface area contributed by atoms with Crippen molar-refractivity contribution < 1.29 is 28.9 Å². The minimum Gasteiger partial charge on any atom is -0.496 e. The molecule has 0 saturated heterocycles. The summed E-state index contributed by atoms with van der Waals surface area (Å²) in [5, 5.41) is 10.6. The van der Waals surface area contributed by atoms with E-state index < -0.39 is 24.6 Å². The van der Waals surface area contributed by atoms with Crippen molar-refractivity contribution in [3.05, 3.63) is 103 Å². The Morgan fingerprint density at radius 2 is 1.85 bits per heavy atom. The Balaban J connectivity index is 1.72. The minimum atomic E-state index is -1.07. The Morgan fingerprint density at radius 3 is 2.55 bits per heavy atom. The van der Waals surface area contributed by atoms with Gasteiger partial charge >= 0.3 is 11.9 Å². The summed E-state index contributed by atoms with van der Waals surface area (Å²) in [6, 6.07) is 17.4. The Labute approximate surface area is 232 Å². The first-order valence-electron chi connectivity index (χ1n) is 12.5. The van der Waals surface area contributed by atoms with E-state index in [9.17, 15) is 14.4 Å². The number of hydrogen-bond acceptors (Lipinski definition) is 8. The molecule has 1 aromatic heterocycles. The molecule has 1 atom stereocenters. The fourth-order valence-electron chi connectivity index (χ4n) is 4.76. The van der Waals surface area contributed by atoms with Gasteiger partial charge in [-0.15, -0.1) is 0 Å². The predicted octanol–water partition coefficient (Wildman–Crippen LogP) is 3.42. The quantitative estimate of drug-likeness (QED) is 0.330. The number of carboxylic acid groups (broad SMARTS) is 1. The number of aliphatic carboxylic acids is 1. The number of hydrogen-bond donors (Lipinski definition) is 1. The smallest absolute Gasteiger partial charge is 0.341 e. The number of carboxylic acids is 1. The molecule has 0 spiro atoms. The van der Waals surface area contributed by atoms with Crippen molar-refractivity contribution in [1.82, 2.24) is 4.57 Å². The Bertz CT molecular complexity index is 1830. The number of fused-ring (bicyclic) bond motifs is 2. The van der Waals surface area contributed by atoms with Gasteiger partial charge in [0, 0.05) is 5.56 Å². The lowest BCUT2D eigenvalue weighted by Gasteiger charge is -2.27. The average Bonchev–Trinajstić information content (AvgIpc) is 3.25. The molecule has 2 heterocycles. The molecule has 204 valence electrons. The zero-order valence-corrected chi connectivity index (χ0v) is 22.9. The van der Waals surface area contributed by atoms with E-state index in [1.165, 1.54) is 15.9 Å². The number of nitrogens with zero attached hydrogens (tertiary/aromatic N) is 2. The zero-order chi connectivity index (χ0) is 28.4. The van der Waals surface area contributed by atoms with Crippen molar-refractivity contribution in [2.75, 3.05) is 20.3 Å². The molecule has 9 nitrogen and oxygen atoms in total. The van der Waals surface area contributed by atoms with Crippen molar-refractivity contribution in [3.8, 4) is 11.5 Å². The van der Waals surface area contributed by atoms with E-state index in [4.69, 9.17) is 19.3 Å². The molecule has 4 aromatic rings. The summed E-state index contributed by atoms with van der Waals surface area (Å²) in [5.41, 5.74) is 1.81. The van der Waals surface area contributed by atoms with Crippen LogP contribution in [0.25, 0.3) is 16.8 Å². The Morgan fingerprint density at radius 1 is 1.10 bits per heavy atom. The number of rotatable bonds is 8. The molecule has 3 aromatic carbocycles. The lowest BCUT2D eigenvalue weighted by atomic mass is 9.90. The standard InChI is InChI=1S/C30H26N2O7S/c1-4-38-29(36)25-17(2)31-30-32(27(25)26-21-8-6-5-7-19(21)11-14-22(26)37-3)28(35)23(40-30)15-18-9-12-20(13-10-18)39-16-24(33)34/h5-15,27H,4,16H2,1-3H3,(H,33,34)/b23-15+/t27-/m0/s1. The molecule has 1 N–H and O–H groups in total. The van der Waals surface area contributed by atoms with Crippen LogP contribution in [0.4, 0.5) is 0 Å². The van der Waals surface area contributed by atoms with E-state index in [-0.39, 0.29) is 17.7 Å². The Hall–Kier alpha value is -4.70. The lowest BCUT2D eigenvalue weighted by molar-refractivity contribution is -0.140. The predicted molar refractivity (Wildman–Crippen MR) is 150 cm³/mol. The number of ether oxygens (including phenoxy) is 3. The van der Waals surface area contributed by atoms with E-state index in [0.717, 1.165) is 10.8 Å². The molecule has 0 aliphatic carbocycles. The second-order valence-electron chi connectivity index (χ2n) is 8.96. The zero-order valence-electron chi connectivity index (χ0n) is 22.0. The summed E-state index contributed by atoms with van der Waals surface area (Å²) in [5.74, 6) is -0.680. The van der Waals surface area contributed by atoms with E-state index in [2.05, 4.69) is 4.99 Å². The van der Waals surface area contributed by atoms with E-state index in [1.807, 2.05) is 36.4 Å². The summed E-state index contributed by atoms with van der Waals surface area (Å²) < 4.78 is 18.3. The molecular weight excluding hydrogens is 532 g/mol. The summed E-state index contributed by atoms with van der Waals surface area (Å²) >= 11 is 1.22. The van der Waals surface area contributed by atoms with Gasteiger partial charge in [0.25, 0.3) is 5.56 Å². The van der Waals surface area contributed by atoms with Gasteiger partial charge in [0.2, 0.25) is 0 Å². The number of esters is 1. The van der Waals surface area contributed by atoms with Crippen molar-refractivity contribution in [1.29, 1.82) is 0 Å². The highest BCUT2D eigenvalue weighted by molar-refractivity contribution is 7.07. The molecular formula is C30H26N2O7S. The van der Waals surface area contributed by atoms with Crippen LogP contribution in [0.5, 0.6) is 11.5 Å². The van der Waals surface area contributed by atoms with Crippen molar-refractivity contribution in [2.45, 2.75) is 19.9 Å². The number of allylic oxidation sites excluding steroid dienone is 1. The summed E-state index contributed by atoms with van der Waals surface area (Å²) in [4.78, 5) is 43.2. The van der Waals surface area contributed by atoms with Gasteiger partial charge in [0.1, 0.15) is 17.5 Å². The molecule has 0 amide bonds. The third-order valence-electron chi connectivity index (χ3n) is 6.48. The monoisotopic (exact) mass is 558 g/mol. The molecule has 1 aliphatic rings. The normalized spacial score (nSPS) is 15.0. The first-order chi connectivity index (χ1) is 19.3. The first-order valence-corrected chi connectivity index (χ1v) is 13.3. The van der Waals surface area contributed by atoms with Crippen LogP contribution < -0.4 is 24.4 Å². The number of carbonyl (C=O) groups is 2. The number of aromatic nitrogens is 1. The first kappa shape index (κ1) is 26.9. The van der Waals surface area contributed by atoms with Crippen LogP contribution in [0.15, 0.2) is 81.7 Å². The lowest BCUT2D eigenvalue weighted by Crippen LogP contribution is -2.40. The number of thiazole rings is 1. The molecule has 10 heteroatoms. The molecule has 0 fully saturated rings. The topological polar surface area (TPSA) is 116 Å². The number of benzene rings is 3. The second kappa shape index (κ2) is 11.2.